The summed E-state index contributed by atoms with van der Waals surface area (Å²) in [5.41, 5.74) is 6.06. The summed E-state index contributed by atoms with van der Waals surface area (Å²) >= 11 is 7.07. The molecule has 0 heterocycles. The Bertz CT molecular complexity index is 293. The second-order valence-electron chi connectivity index (χ2n) is 2.01. The monoisotopic (exact) mass is 314 g/mol. The fourth-order valence-corrected chi connectivity index (χ4v) is 2.28. The fourth-order valence-electron chi connectivity index (χ4n) is 0.703. The molecule has 1 aromatic rings. The van der Waals surface area contributed by atoms with E-state index in [1.807, 2.05) is 0 Å². The Morgan fingerprint density at radius 2 is 2.00 bits per heavy atom. The minimum Gasteiger partial charge on any atom is -0.397 e. The lowest BCUT2D eigenvalue weighted by molar-refractivity contribution is 0.616. The number of rotatable bonds is 1. The summed E-state index contributed by atoms with van der Waals surface area (Å²) in [5.74, 6) is -0.385. The van der Waals surface area contributed by atoms with Gasteiger partial charge in [-0.05, 0) is 49.9 Å². The molecule has 2 nitrogen and oxygen atoms in total. The average molecular weight is 316 g/mol. The van der Waals surface area contributed by atoms with Gasteiger partial charge in [-0.1, -0.05) is 0 Å². The topological polar surface area (TPSA) is 52.0 Å². The molecule has 0 saturated carbocycles. The summed E-state index contributed by atoms with van der Waals surface area (Å²) in [4.78, 5) is 0.502. The van der Waals surface area contributed by atoms with E-state index in [9.17, 15) is 4.39 Å². The number of nitrogens with two attached hydrogens (primary N) is 2. The maximum absolute atomic E-state index is 13.0. The van der Waals surface area contributed by atoms with Gasteiger partial charge in [0.2, 0.25) is 0 Å². The highest BCUT2D eigenvalue weighted by molar-refractivity contribution is 9.11. The third-order valence-corrected chi connectivity index (χ3v) is 3.64. The van der Waals surface area contributed by atoms with E-state index in [-0.39, 0.29) is 5.82 Å². The zero-order valence-corrected chi connectivity index (χ0v) is 9.76. The molecule has 1 rings (SSSR count). The summed E-state index contributed by atoms with van der Waals surface area (Å²) < 4.78 is 13.8. The summed E-state index contributed by atoms with van der Waals surface area (Å²) in [6.07, 6.45) is 0. The Labute approximate surface area is 90.3 Å². The highest BCUT2D eigenvalue weighted by atomic mass is 79.9. The van der Waals surface area contributed by atoms with Crippen LogP contribution in [0.15, 0.2) is 19.9 Å². The molecule has 1 aromatic carbocycles. The molecule has 66 valence electrons. The normalized spacial score (nSPS) is 10.3. The van der Waals surface area contributed by atoms with Crippen molar-refractivity contribution in [2.45, 2.75) is 4.90 Å². The molecule has 0 atom stereocenters. The second-order valence-corrected chi connectivity index (χ2v) is 4.31. The van der Waals surface area contributed by atoms with E-state index >= 15 is 0 Å². The first-order valence-electron chi connectivity index (χ1n) is 2.87. The number of benzene rings is 1. The van der Waals surface area contributed by atoms with Crippen molar-refractivity contribution in [2.24, 2.45) is 5.14 Å². The predicted octanol–water partition coefficient (Wildman–Crippen LogP) is 2.90. The van der Waals surface area contributed by atoms with Crippen LogP contribution in [-0.2, 0) is 0 Å². The van der Waals surface area contributed by atoms with E-state index in [2.05, 4.69) is 31.9 Å². The van der Waals surface area contributed by atoms with Gasteiger partial charge in [-0.3, -0.25) is 5.14 Å². The van der Waals surface area contributed by atoms with Crippen LogP contribution < -0.4 is 10.9 Å². The van der Waals surface area contributed by atoms with Crippen LogP contribution in [-0.4, -0.2) is 0 Å². The summed E-state index contributed by atoms with van der Waals surface area (Å²) in [6.45, 7) is 0. The van der Waals surface area contributed by atoms with Crippen LogP contribution >= 0.6 is 43.8 Å². The molecule has 0 fully saturated rings. The third kappa shape index (κ3) is 1.76. The highest BCUT2D eigenvalue weighted by Crippen LogP contribution is 2.36. The van der Waals surface area contributed by atoms with Gasteiger partial charge in [-0.25, -0.2) is 4.39 Å². The molecule has 4 N–H and O–H groups in total. The van der Waals surface area contributed by atoms with Crippen molar-refractivity contribution in [3.8, 4) is 0 Å². The van der Waals surface area contributed by atoms with Crippen molar-refractivity contribution < 1.29 is 4.39 Å². The number of hydrogen-bond acceptors (Lipinski definition) is 3. The minimum absolute atomic E-state index is 0.302. The van der Waals surface area contributed by atoms with Crippen molar-refractivity contribution in [2.75, 3.05) is 5.73 Å². The van der Waals surface area contributed by atoms with Crippen molar-refractivity contribution in [3.63, 3.8) is 0 Å². The number of nitrogen functional groups attached to an aromatic ring is 1. The van der Waals surface area contributed by atoms with Crippen molar-refractivity contribution in [3.05, 3.63) is 20.8 Å². The van der Waals surface area contributed by atoms with Gasteiger partial charge in [-0.2, -0.15) is 0 Å². The molecular formula is C6H5Br2FN2S. The first-order valence-corrected chi connectivity index (χ1v) is 5.34. The summed E-state index contributed by atoms with van der Waals surface area (Å²) in [6, 6.07) is 1.29. The Hall–Kier alpha value is 0.220. The smallest absolute Gasteiger partial charge is 0.139 e. The van der Waals surface area contributed by atoms with Gasteiger partial charge in [0, 0.05) is 4.47 Å². The molecule has 0 spiro atoms. The van der Waals surface area contributed by atoms with E-state index in [0.29, 0.717) is 19.5 Å². The van der Waals surface area contributed by atoms with E-state index < -0.39 is 0 Å². The van der Waals surface area contributed by atoms with E-state index in [1.165, 1.54) is 6.07 Å². The van der Waals surface area contributed by atoms with Gasteiger partial charge in [0.25, 0.3) is 0 Å². The number of anilines is 1. The molecular weight excluding hydrogens is 311 g/mol. The molecule has 0 saturated heterocycles. The Kier molecular flexibility index (Phi) is 3.39. The Morgan fingerprint density at radius 1 is 1.42 bits per heavy atom. The Morgan fingerprint density at radius 3 is 2.50 bits per heavy atom. The van der Waals surface area contributed by atoms with Crippen molar-refractivity contribution in [1.29, 1.82) is 0 Å². The maximum Gasteiger partial charge on any atom is 0.139 e. The van der Waals surface area contributed by atoms with Gasteiger partial charge < -0.3 is 5.73 Å². The SMILES string of the molecule is NSc1c(N)c(Br)cc(F)c1Br. The lowest BCUT2D eigenvalue weighted by Gasteiger charge is -2.07. The van der Waals surface area contributed by atoms with Crippen LogP contribution in [0.25, 0.3) is 0 Å². The van der Waals surface area contributed by atoms with Crippen LogP contribution in [0.4, 0.5) is 10.1 Å². The highest BCUT2D eigenvalue weighted by Gasteiger charge is 2.12. The first kappa shape index (κ1) is 10.3. The van der Waals surface area contributed by atoms with Crippen molar-refractivity contribution in [1.82, 2.24) is 0 Å². The van der Waals surface area contributed by atoms with E-state index in [0.717, 1.165) is 11.9 Å². The zero-order chi connectivity index (χ0) is 9.30. The lowest BCUT2D eigenvalue weighted by Crippen LogP contribution is -1.95. The Balaban J connectivity index is 3.42. The van der Waals surface area contributed by atoms with Crippen LogP contribution in [0.5, 0.6) is 0 Å². The van der Waals surface area contributed by atoms with Crippen LogP contribution in [0, 0.1) is 5.82 Å². The van der Waals surface area contributed by atoms with Gasteiger partial charge in [0.1, 0.15) is 5.82 Å². The molecule has 6 heteroatoms. The van der Waals surface area contributed by atoms with Gasteiger partial charge >= 0.3 is 0 Å². The molecule has 0 aliphatic rings. The maximum atomic E-state index is 13.0. The molecule has 0 unspecified atom stereocenters. The standard InChI is InChI=1S/C6H5Br2FN2S/c7-2-1-3(9)4(8)6(12-11)5(2)10/h1H,10-11H2. The fraction of sp³-hybridized carbons (Fsp3) is 0. The van der Waals surface area contributed by atoms with Crippen LogP contribution in [0.1, 0.15) is 0 Å². The quantitative estimate of drug-likeness (QED) is 0.476. The molecule has 0 aliphatic heterocycles. The zero-order valence-electron chi connectivity index (χ0n) is 5.77. The summed E-state index contributed by atoms with van der Waals surface area (Å²) in [7, 11) is 0. The molecule has 0 aliphatic carbocycles. The third-order valence-electron chi connectivity index (χ3n) is 1.28. The molecule has 0 aromatic heterocycles. The largest absolute Gasteiger partial charge is 0.397 e. The molecule has 0 bridgehead atoms. The van der Waals surface area contributed by atoms with Crippen LogP contribution in [0.2, 0.25) is 0 Å². The molecule has 0 amide bonds. The van der Waals surface area contributed by atoms with Crippen molar-refractivity contribution >= 4 is 49.5 Å². The minimum atomic E-state index is -0.385. The van der Waals surface area contributed by atoms with Gasteiger partial charge in [0.15, 0.2) is 0 Å². The van der Waals surface area contributed by atoms with E-state index in [1.54, 1.807) is 0 Å². The average Bonchev–Trinajstić information content (AvgIpc) is 2.02. The summed E-state index contributed by atoms with van der Waals surface area (Å²) in [5, 5.41) is 5.31. The number of halogens is 3. The van der Waals surface area contributed by atoms with E-state index in [4.69, 9.17) is 10.9 Å². The number of hydrogen-bond donors (Lipinski definition) is 2. The second kappa shape index (κ2) is 3.95. The molecule has 12 heavy (non-hydrogen) atoms. The van der Waals surface area contributed by atoms with Gasteiger partial charge in [-0.15, -0.1) is 0 Å². The molecule has 0 radical (unpaired) electrons. The lowest BCUT2D eigenvalue weighted by atomic mass is 10.3. The van der Waals surface area contributed by atoms with Gasteiger partial charge in [0.05, 0.1) is 15.1 Å². The predicted molar refractivity (Wildman–Crippen MR) is 56.3 cm³/mol. The van der Waals surface area contributed by atoms with Crippen LogP contribution in [0.3, 0.4) is 0 Å². The first-order chi connectivity index (χ1) is 5.57.